The van der Waals surface area contributed by atoms with E-state index in [1.54, 1.807) is 29.9 Å². The summed E-state index contributed by atoms with van der Waals surface area (Å²) < 4.78 is 9.28. The number of nitrogens with zero attached hydrogens (tertiary/aromatic N) is 5. The molecule has 4 heterocycles. The third-order valence-electron chi connectivity index (χ3n) is 5.86. The Morgan fingerprint density at radius 1 is 1.12 bits per heavy atom. The van der Waals surface area contributed by atoms with Crippen LogP contribution >= 0.6 is 23.2 Å². The van der Waals surface area contributed by atoms with Crippen molar-refractivity contribution in [2.75, 3.05) is 6.61 Å². The Balaban J connectivity index is 1.64. The molecule has 0 unspecified atom stereocenters. The lowest BCUT2D eigenvalue weighted by molar-refractivity contribution is 0.00456. The molecule has 0 aliphatic carbocycles. The zero-order valence-corrected chi connectivity index (χ0v) is 19.1. The first-order valence-corrected chi connectivity index (χ1v) is 11.1. The molecule has 1 saturated heterocycles. The molecule has 0 radical (unpaired) electrons. The maximum Gasteiger partial charge on any atom is 0.277 e. The highest BCUT2D eigenvalue weighted by molar-refractivity contribution is 6.31. The van der Waals surface area contributed by atoms with E-state index in [0.717, 1.165) is 29.7 Å². The molecule has 1 aromatic carbocycles. The van der Waals surface area contributed by atoms with Gasteiger partial charge in [-0.2, -0.15) is 5.10 Å². The van der Waals surface area contributed by atoms with Crippen molar-refractivity contribution in [1.29, 1.82) is 0 Å². The molecule has 0 bridgehead atoms. The molecule has 7 nitrogen and oxygen atoms in total. The molecule has 4 aromatic rings. The normalized spacial score (nSPS) is 18.9. The minimum absolute atomic E-state index is 0.0737. The number of benzene rings is 1. The van der Waals surface area contributed by atoms with Gasteiger partial charge in [0, 0.05) is 48.1 Å². The van der Waals surface area contributed by atoms with E-state index in [2.05, 4.69) is 10.1 Å². The van der Waals surface area contributed by atoms with Gasteiger partial charge < -0.3 is 4.74 Å². The molecule has 0 saturated carbocycles. The number of hydrogen-bond donors (Lipinski definition) is 0. The third kappa shape index (κ3) is 3.81. The molecule has 9 heteroatoms. The summed E-state index contributed by atoms with van der Waals surface area (Å²) in [6.45, 7) is 2.32. The number of halogens is 2. The molecule has 1 aliphatic rings. The number of fused-ring (bicyclic) bond motifs is 1. The van der Waals surface area contributed by atoms with Crippen LogP contribution in [0.1, 0.15) is 41.8 Å². The SMILES string of the molecule is Cc1nc2c(-c3ccc(Cl)cc3)nc([C@H]3CCO[C@H](c4cnn(C)c4)C3)cn2c(=O)c1Cl. The van der Waals surface area contributed by atoms with Crippen LogP contribution in [-0.4, -0.2) is 30.8 Å². The van der Waals surface area contributed by atoms with Crippen LogP contribution in [0.4, 0.5) is 0 Å². The van der Waals surface area contributed by atoms with Gasteiger partial charge in [0.2, 0.25) is 0 Å². The van der Waals surface area contributed by atoms with Crippen LogP contribution in [0.25, 0.3) is 16.9 Å². The van der Waals surface area contributed by atoms with Gasteiger partial charge in [-0.25, -0.2) is 9.97 Å². The number of rotatable bonds is 3. The van der Waals surface area contributed by atoms with Crippen LogP contribution in [-0.2, 0) is 11.8 Å². The highest BCUT2D eigenvalue weighted by atomic mass is 35.5. The zero-order chi connectivity index (χ0) is 22.4. The third-order valence-corrected chi connectivity index (χ3v) is 6.54. The second kappa shape index (κ2) is 8.31. The highest BCUT2D eigenvalue weighted by Gasteiger charge is 2.28. The second-order valence-electron chi connectivity index (χ2n) is 8.06. The Labute approximate surface area is 194 Å². The van der Waals surface area contributed by atoms with Crippen molar-refractivity contribution in [3.63, 3.8) is 0 Å². The fourth-order valence-electron chi connectivity index (χ4n) is 4.15. The van der Waals surface area contributed by atoms with Crippen molar-refractivity contribution in [3.05, 3.63) is 80.2 Å². The van der Waals surface area contributed by atoms with Crippen LogP contribution in [0.2, 0.25) is 10.0 Å². The number of aromatic nitrogens is 5. The van der Waals surface area contributed by atoms with Crippen molar-refractivity contribution >= 4 is 28.8 Å². The summed E-state index contributed by atoms with van der Waals surface area (Å²) in [4.78, 5) is 22.6. The number of ether oxygens (including phenoxy) is 1. The van der Waals surface area contributed by atoms with Crippen LogP contribution in [0, 0.1) is 6.92 Å². The lowest BCUT2D eigenvalue weighted by Gasteiger charge is -2.29. The van der Waals surface area contributed by atoms with Crippen molar-refractivity contribution in [2.45, 2.75) is 31.8 Å². The Morgan fingerprint density at radius 2 is 1.91 bits per heavy atom. The standard InChI is InChI=1S/C23H21Cl2N5O2/c1-13-20(25)23(31)30-12-18(15-7-8-32-19(9-15)16-10-26-29(2)11-16)28-21(22(30)27-13)14-3-5-17(24)6-4-14/h3-6,10-12,15,19H,7-9H2,1-2H3/t15-,19-/m0/s1. The Morgan fingerprint density at radius 3 is 2.62 bits per heavy atom. The maximum atomic E-state index is 13.0. The average Bonchev–Trinajstić information content (AvgIpc) is 3.24. The van der Waals surface area contributed by atoms with E-state index in [1.807, 2.05) is 31.6 Å². The van der Waals surface area contributed by atoms with Crippen molar-refractivity contribution in [1.82, 2.24) is 24.1 Å². The first kappa shape index (κ1) is 21.1. The van der Waals surface area contributed by atoms with Crippen LogP contribution in [0.5, 0.6) is 0 Å². The average molecular weight is 470 g/mol. The lowest BCUT2D eigenvalue weighted by atomic mass is 9.90. The molecule has 0 amide bonds. The van der Waals surface area contributed by atoms with Crippen LogP contribution < -0.4 is 5.56 Å². The predicted octanol–water partition coefficient (Wildman–Crippen LogP) is 4.74. The van der Waals surface area contributed by atoms with E-state index in [0.29, 0.717) is 28.7 Å². The minimum Gasteiger partial charge on any atom is -0.373 e. The largest absolute Gasteiger partial charge is 0.373 e. The maximum absolute atomic E-state index is 13.0. The van der Waals surface area contributed by atoms with E-state index < -0.39 is 0 Å². The van der Waals surface area contributed by atoms with Gasteiger partial charge in [0.15, 0.2) is 5.65 Å². The Kier molecular flexibility index (Phi) is 5.49. The fraction of sp³-hybridized carbons (Fsp3) is 0.304. The molecule has 1 aliphatic heterocycles. The Hall–Kier alpha value is -2.74. The van der Waals surface area contributed by atoms with E-state index in [1.165, 1.54) is 4.40 Å². The molecular formula is C23H21Cl2N5O2. The minimum atomic E-state index is -0.302. The topological polar surface area (TPSA) is 74.3 Å². The number of aryl methyl sites for hydroxylation is 2. The smallest absolute Gasteiger partial charge is 0.277 e. The van der Waals surface area contributed by atoms with Gasteiger partial charge in [-0.05, 0) is 31.9 Å². The van der Waals surface area contributed by atoms with Crippen molar-refractivity contribution < 1.29 is 4.74 Å². The highest BCUT2D eigenvalue weighted by Crippen LogP contribution is 2.37. The van der Waals surface area contributed by atoms with Crippen LogP contribution in [0.15, 0.2) is 47.7 Å². The molecule has 0 spiro atoms. The van der Waals surface area contributed by atoms with Crippen LogP contribution in [0.3, 0.4) is 0 Å². The summed E-state index contributed by atoms with van der Waals surface area (Å²) in [5.74, 6) is 0.108. The van der Waals surface area contributed by atoms with Gasteiger partial charge in [-0.1, -0.05) is 35.3 Å². The molecule has 1 fully saturated rings. The molecule has 0 N–H and O–H groups in total. The fourth-order valence-corrected chi connectivity index (χ4v) is 4.41. The van der Waals surface area contributed by atoms with Gasteiger partial charge in [0.25, 0.3) is 5.56 Å². The summed E-state index contributed by atoms with van der Waals surface area (Å²) in [7, 11) is 1.89. The lowest BCUT2D eigenvalue weighted by Crippen LogP contribution is -2.23. The van der Waals surface area contributed by atoms with Crippen molar-refractivity contribution in [3.8, 4) is 11.3 Å². The Bertz CT molecular complexity index is 1360. The monoisotopic (exact) mass is 469 g/mol. The second-order valence-corrected chi connectivity index (χ2v) is 8.87. The first-order chi connectivity index (χ1) is 15.4. The molecule has 32 heavy (non-hydrogen) atoms. The first-order valence-electron chi connectivity index (χ1n) is 10.4. The zero-order valence-electron chi connectivity index (χ0n) is 17.6. The summed E-state index contributed by atoms with van der Waals surface area (Å²) in [6, 6.07) is 7.37. The summed E-state index contributed by atoms with van der Waals surface area (Å²) in [6.07, 6.45) is 7.04. The molecule has 3 aromatic heterocycles. The quantitative estimate of drug-likeness (QED) is 0.433. The van der Waals surface area contributed by atoms with E-state index in [-0.39, 0.29) is 22.6 Å². The summed E-state index contributed by atoms with van der Waals surface area (Å²) in [5, 5.41) is 5.00. The number of hydrogen-bond acceptors (Lipinski definition) is 5. The molecule has 5 rings (SSSR count). The molecule has 2 atom stereocenters. The van der Waals surface area contributed by atoms with Gasteiger partial charge in [0.05, 0.1) is 23.7 Å². The molecule has 164 valence electrons. The molecular weight excluding hydrogens is 449 g/mol. The van der Waals surface area contributed by atoms with E-state index in [9.17, 15) is 4.79 Å². The van der Waals surface area contributed by atoms with Gasteiger partial charge >= 0.3 is 0 Å². The van der Waals surface area contributed by atoms with E-state index in [4.69, 9.17) is 32.9 Å². The van der Waals surface area contributed by atoms with Gasteiger partial charge in [0.1, 0.15) is 10.7 Å². The van der Waals surface area contributed by atoms with Crippen molar-refractivity contribution in [2.24, 2.45) is 7.05 Å². The predicted molar refractivity (Wildman–Crippen MR) is 123 cm³/mol. The van der Waals surface area contributed by atoms with Gasteiger partial charge in [-0.3, -0.25) is 13.9 Å². The van der Waals surface area contributed by atoms with E-state index >= 15 is 0 Å². The summed E-state index contributed by atoms with van der Waals surface area (Å²) in [5.41, 5.74) is 3.95. The van der Waals surface area contributed by atoms with Gasteiger partial charge in [-0.15, -0.1) is 0 Å². The summed E-state index contributed by atoms with van der Waals surface area (Å²) >= 11 is 12.3.